The van der Waals surface area contributed by atoms with Crippen molar-refractivity contribution >= 4 is 22.7 Å². The first-order valence-electron chi connectivity index (χ1n) is 9.71. The summed E-state index contributed by atoms with van der Waals surface area (Å²) in [6.07, 6.45) is 2.60. The predicted molar refractivity (Wildman–Crippen MR) is 122 cm³/mol. The van der Waals surface area contributed by atoms with Gasteiger partial charge in [0, 0.05) is 10.5 Å². The second-order valence-corrected chi connectivity index (χ2v) is 6.57. The lowest BCUT2D eigenvalue weighted by atomic mass is 9.96. The van der Waals surface area contributed by atoms with E-state index in [1.54, 1.807) is 21.1 Å². The largest absolute Gasteiger partial charge is 0.493 e. The summed E-state index contributed by atoms with van der Waals surface area (Å²) in [5.74, 6) is 1.30. The first-order chi connectivity index (χ1) is 13.9. The number of amides is 2. The maximum Gasteiger partial charge on any atom is 0.317 e. The van der Waals surface area contributed by atoms with E-state index in [0.29, 0.717) is 22.1 Å². The second-order valence-electron chi connectivity index (χ2n) is 5.52. The molecule has 0 spiro atoms. The maximum absolute atomic E-state index is 11.3. The van der Waals surface area contributed by atoms with Gasteiger partial charge in [0.25, 0.3) is 0 Å². The number of hydrogen-bond donors (Lipinski definition) is 4. The Hall–Kier alpha value is -2.16. The van der Waals surface area contributed by atoms with E-state index in [0.717, 1.165) is 28.9 Å². The molecular weight excluding hydrogens is 390 g/mol. The number of aryl methyl sites for hydroxylation is 1. The van der Waals surface area contributed by atoms with E-state index in [9.17, 15) is 9.90 Å². The lowest BCUT2D eigenvalue weighted by Gasteiger charge is -2.22. The van der Waals surface area contributed by atoms with Crippen LogP contribution >= 0.6 is 11.8 Å². The molecule has 0 radical (unpaired) electrons. The van der Waals surface area contributed by atoms with Crippen molar-refractivity contribution in [3.05, 3.63) is 39.9 Å². The molecule has 1 aliphatic rings. The Kier molecular flexibility index (Phi) is 12.9. The zero-order chi connectivity index (χ0) is 22.6. The number of allylic oxidation sites excluding steroid dienone is 1. The van der Waals surface area contributed by atoms with Gasteiger partial charge in [-0.05, 0) is 43.0 Å². The molecule has 0 fully saturated rings. The number of hydrogen-bond acceptors (Lipinski definition) is 6. The molecule has 1 unspecified atom stereocenters. The normalized spacial score (nSPS) is 13.8. The van der Waals surface area contributed by atoms with Gasteiger partial charge in [-0.15, -0.1) is 0 Å². The third-order valence-electron chi connectivity index (χ3n) is 3.87. The van der Waals surface area contributed by atoms with Gasteiger partial charge in [-0.1, -0.05) is 45.5 Å². The van der Waals surface area contributed by atoms with Gasteiger partial charge in [0.15, 0.2) is 11.5 Å². The van der Waals surface area contributed by atoms with Gasteiger partial charge in [-0.3, -0.25) is 0 Å². The van der Waals surface area contributed by atoms with Gasteiger partial charge in [0.05, 0.1) is 19.2 Å². The number of methoxy groups -OCH3 is 2. The number of primary amides is 1. The highest BCUT2D eigenvalue weighted by Crippen LogP contribution is 2.43. The van der Waals surface area contributed by atoms with Gasteiger partial charge < -0.3 is 31.4 Å². The Bertz CT molecular complexity index is 731. The van der Waals surface area contributed by atoms with Crippen LogP contribution in [0.15, 0.2) is 28.8 Å². The number of rotatable bonds is 6. The molecule has 0 aromatic heterocycles. The molecule has 7 nitrogen and oxygen atoms in total. The van der Waals surface area contributed by atoms with Gasteiger partial charge in [0.1, 0.15) is 6.23 Å². The maximum atomic E-state index is 11.3. The predicted octanol–water partition coefficient (Wildman–Crippen LogP) is 3.95. The van der Waals surface area contributed by atoms with Crippen molar-refractivity contribution in [1.29, 1.82) is 0 Å². The average molecular weight is 426 g/mol. The molecule has 1 aromatic rings. The van der Waals surface area contributed by atoms with Crippen molar-refractivity contribution in [2.24, 2.45) is 11.5 Å². The van der Waals surface area contributed by atoms with Crippen molar-refractivity contribution in [1.82, 2.24) is 5.32 Å². The van der Waals surface area contributed by atoms with E-state index >= 15 is 0 Å². The number of carbonyl (C=O) groups is 1. The number of ether oxygens (including phenoxy) is 2. The van der Waals surface area contributed by atoms with Crippen LogP contribution in [-0.4, -0.2) is 31.6 Å². The number of fused-ring (bicyclic) bond motifs is 1. The molecule has 2 amide bonds. The molecule has 1 atom stereocenters. The number of nitrogens with two attached hydrogens (primary N) is 2. The highest BCUT2D eigenvalue weighted by atomic mass is 32.2. The monoisotopic (exact) mass is 425 g/mol. The Morgan fingerprint density at radius 1 is 1.17 bits per heavy atom. The summed E-state index contributed by atoms with van der Waals surface area (Å²) in [5, 5.41) is 12.6. The molecule has 29 heavy (non-hydrogen) atoms. The summed E-state index contributed by atoms with van der Waals surface area (Å²) >= 11 is 1.30. The quantitative estimate of drug-likeness (QED) is 0.512. The zero-order valence-corrected chi connectivity index (χ0v) is 19.3. The van der Waals surface area contributed by atoms with Crippen LogP contribution in [0.25, 0.3) is 4.91 Å². The fourth-order valence-corrected chi connectivity index (χ4v) is 3.64. The number of nitrogens with one attached hydrogen (secondary N) is 1. The lowest BCUT2D eigenvalue weighted by molar-refractivity contribution is 0.218. The fraction of sp³-hybridized carbons (Fsp3) is 0.476. The molecule has 0 saturated heterocycles. The molecule has 2 rings (SSSR count). The van der Waals surface area contributed by atoms with Crippen molar-refractivity contribution in [2.75, 3.05) is 14.2 Å². The van der Waals surface area contributed by atoms with Crippen LogP contribution in [0.1, 0.15) is 52.2 Å². The molecule has 164 valence electrons. The minimum atomic E-state index is -1.19. The van der Waals surface area contributed by atoms with Crippen LogP contribution in [0.2, 0.25) is 0 Å². The van der Waals surface area contributed by atoms with Crippen LogP contribution in [-0.2, 0) is 6.42 Å². The Morgan fingerprint density at radius 3 is 2.21 bits per heavy atom. The van der Waals surface area contributed by atoms with Crippen LogP contribution < -0.4 is 26.3 Å². The van der Waals surface area contributed by atoms with Gasteiger partial charge in [0.2, 0.25) is 0 Å². The van der Waals surface area contributed by atoms with Gasteiger partial charge in [-0.25, -0.2) is 4.79 Å². The van der Waals surface area contributed by atoms with Crippen molar-refractivity contribution < 1.29 is 19.4 Å². The molecule has 0 heterocycles. The summed E-state index contributed by atoms with van der Waals surface area (Å²) in [6, 6.07) is 3.14. The Labute approximate surface area is 178 Å². The lowest BCUT2D eigenvalue weighted by Crippen LogP contribution is -2.31. The van der Waals surface area contributed by atoms with Crippen LogP contribution in [0.4, 0.5) is 4.79 Å². The molecule has 0 aliphatic heterocycles. The van der Waals surface area contributed by atoms with E-state index < -0.39 is 12.3 Å². The number of urea groups is 1. The molecule has 6 N–H and O–H groups in total. The number of benzene rings is 1. The fourth-order valence-electron chi connectivity index (χ4n) is 2.48. The first-order valence-corrected chi connectivity index (χ1v) is 10.5. The van der Waals surface area contributed by atoms with Crippen molar-refractivity contribution in [2.45, 2.75) is 53.7 Å². The van der Waals surface area contributed by atoms with E-state index in [2.05, 4.69) is 11.4 Å². The Balaban J connectivity index is 0.00000184. The zero-order valence-electron chi connectivity index (χ0n) is 18.5. The summed E-state index contributed by atoms with van der Waals surface area (Å²) in [4.78, 5) is 12.2. The third kappa shape index (κ3) is 7.64. The minimum absolute atomic E-state index is 0.413. The molecule has 0 saturated carbocycles. The van der Waals surface area contributed by atoms with Crippen LogP contribution in [0.5, 0.6) is 11.5 Å². The molecule has 8 heteroatoms. The molecular formula is C21H35N3O4S. The SMILES string of the molecule is CC.CC.COc1cc2c(cc1OC)C(S/C(NC(N)=O)=C(\C)C(N)O)=CCC2. The van der Waals surface area contributed by atoms with Crippen molar-refractivity contribution in [3.63, 3.8) is 0 Å². The van der Waals surface area contributed by atoms with E-state index in [4.69, 9.17) is 20.9 Å². The van der Waals surface area contributed by atoms with Crippen LogP contribution in [0, 0.1) is 0 Å². The second kappa shape index (κ2) is 13.9. The van der Waals surface area contributed by atoms with E-state index in [1.165, 1.54) is 11.8 Å². The number of thioether (sulfide) groups is 1. The molecule has 0 bridgehead atoms. The highest BCUT2D eigenvalue weighted by molar-refractivity contribution is 8.11. The Morgan fingerprint density at radius 2 is 1.72 bits per heavy atom. The summed E-state index contributed by atoms with van der Waals surface area (Å²) < 4.78 is 10.7. The standard InChI is InChI=1S/C17H23N3O4S.2C2H6/c1-9(15(18)21)16(20-17(19)22)25-14-6-4-5-10-7-12(23-2)13(24-3)8-11(10)14;2*1-2/h6-8,15,21H,4-5,18H2,1-3H3,(H3,19,20,22);2*1-2H3/b16-9+;;. The van der Waals surface area contributed by atoms with Gasteiger partial charge >= 0.3 is 6.03 Å². The van der Waals surface area contributed by atoms with Crippen LogP contribution in [0.3, 0.4) is 0 Å². The summed E-state index contributed by atoms with van der Waals surface area (Å²) in [6.45, 7) is 9.64. The number of aliphatic hydroxyl groups excluding tert-OH is 1. The number of carbonyl (C=O) groups excluding carboxylic acids is 1. The third-order valence-corrected chi connectivity index (χ3v) is 5.10. The minimum Gasteiger partial charge on any atom is -0.493 e. The van der Waals surface area contributed by atoms with Gasteiger partial charge in [-0.2, -0.15) is 0 Å². The highest BCUT2D eigenvalue weighted by Gasteiger charge is 2.20. The number of aliphatic hydroxyl groups is 1. The van der Waals surface area contributed by atoms with Crippen molar-refractivity contribution in [3.8, 4) is 11.5 Å². The summed E-state index contributed by atoms with van der Waals surface area (Å²) in [7, 11) is 3.18. The van der Waals surface area contributed by atoms with E-state index in [-0.39, 0.29) is 0 Å². The smallest absolute Gasteiger partial charge is 0.317 e. The molecule has 1 aromatic carbocycles. The first kappa shape index (κ1) is 26.8. The average Bonchev–Trinajstić information content (AvgIpc) is 2.74. The molecule has 1 aliphatic carbocycles. The van der Waals surface area contributed by atoms with E-state index in [1.807, 2.05) is 39.8 Å². The summed E-state index contributed by atoms with van der Waals surface area (Å²) in [5.41, 5.74) is 13.3. The topological polar surface area (TPSA) is 120 Å².